The van der Waals surface area contributed by atoms with Crippen LogP contribution in [0.15, 0.2) is 48.5 Å². The summed E-state index contributed by atoms with van der Waals surface area (Å²) >= 11 is 0. The first-order valence-electron chi connectivity index (χ1n) is 9.18. The van der Waals surface area contributed by atoms with Crippen molar-refractivity contribution in [3.8, 4) is 5.75 Å². The van der Waals surface area contributed by atoms with E-state index in [0.717, 1.165) is 0 Å². The van der Waals surface area contributed by atoms with E-state index in [4.69, 9.17) is 10.5 Å². The summed E-state index contributed by atoms with van der Waals surface area (Å²) in [6.45, 7) is 0.558. The zero-order chi connectivity index (χ0) is 20.1. The molecule has 156 valence electrons. The monoisotopic (exact) mass is 422 g/mol. The molecule has 1 saturated heterocycles. The van der Waals surface area contributed by atoms with E-state index in [0.29, 0.717) is 36.3 Å². The lowest BCUT2D eigenvalue weighted by molar-refractivity contribution is -0.142. The maximum atomic E-state index is 13.6. The third-order valence-corrected chi connectivity index (χ3v) is 4.87. The highest BCUT2D eigenvalue weighted by molar-refractivity contribution is 5.94. The first-order chi connectivity index (χ1) is 13.4. The zero-order valence-corrected chi connectivity index (χ0v) is 16.6. The Hall–Kier alpha value is -2.64. The highest BCUT2D eigenvalue weighted by Gasteiger charge is 2.29. The Morgan fingerprint density at radius 1 is 1.10 bits per heavy atom. The van der Waals surface area contributed by atoms with Gasteiger partial charge in [-0.1, -0.05) is 18.2 Å². The molecular formula is C21H24ClFN2O4. The van der Waals surface area contributed by atoms with Gasteiger partial charge in [0.2, 0.25) is 0 Å². The average Bonchev–Trinajstić information content (AvgIpc) is 2.89. The van der Waals surface area contributed by atoms with Crippen molar-refractivity contribution in [1.82, 2.24) is 4.90 Å². The van der Waals surface area contributed by atoms with Crippen molar-refractivity contribution in [2.75, 3.05) is 13.1 Å². The molecule has 1 fully saturated rings. The number of carbonyl (C=O) groups excluding carboxylic acids is 1. The van der Waals surface area contributed by atoms with Gasteiger partial charge in [0.15, 0.2) is 0 Å². The van der Waals surface area contributed by atoms with E-state index >= 15 is 0 Å². The average molecular weight is 423 g/mol. The third-order valence-electron chi connectivity index (χ3n) is 4.87. The lowest BCUT2D eigenvalue weighted by Crippen LogP contribution is -2.41. The summed E-state index contributed by atoms with van der Waals surface area (Å²) in [5.74, 6) is -1.61. The van der Waals surface area contributed by atoms with E-state index in [-0.39, 0.29) is 43.3 Å². The number of carboxylic acid groups (broad SMARTS) is 1. The molecule has 1 aliphatic rings. The second-order valence-electron chi connectivity index (χ2n) is 6.99. The van der Waals surface area contributed by atoms with Crippen LogP contribution in [0.5, 0.6) is 5.75 Å². The Bertz CT molecular complexity index is 847. The molecule has 8 heteroatoms. The number of ether oxygens (including phenoxy) is 1. The van der Waals surface area contributed by atoms with Gasteiger partial charge in [0, 0.05) is 30.3 Å². The summed E-state index contributed by atoms with van der Waals surface area (Å²) in [5.41, 5.74) is 6.87. The molecule has 0 radical (unpaired) electrons. The normalized spacial score (nSPS) is 19.0. The van der Waals surface area contributed by atoms with E-state index in [9.17, 15) is 19.1 Å². The molecule has 29 heavy (non-hydrogen) atoms. The summed E-state index contributed by atoms with van der Waals surface area (Å²) in [7, 11) is 0. The van der Waals surface area contributed by atoms with Crippen LogP contribution in [0.2, 0.25) is 0 Å². The first kappa shape index (κ1) is 22.6. The van der Waals surface area contributed by atoms with Crippen molar-refractivity contribution in [2.45, 2.75) is 25.5 Å². The second kappa shape index (κ2) is 10.2. The maximum Gasteiger partial charge on any atom is 0.308 e. The number of nitrogens with two attached hydrogens (primary N) is 1. The molecule has 6 nitrogen and oxygen atoms in total. The summed E-state index contributed by atoms with van der Waals surface area (Å²) in [4.78, 5) is 25.6. The topological polar surface area (TPSA) is 92.9 Å². The molecule has 2 aromatic rings. The van der Waals surface area contributed by atoms with Gasteiger partial charge in [-0.25, -0.2) is 4.39 Å². The molecule has 0 aromatic heterocycles. The third kappa shape index (κ3) is 5.92. The lowest BCUT2D eigenvalue weighted by Gasteiger charge is -2.24. The number of hydrogen-bond donors (Lipinski definition) is 2. The van der Waals surface area contributed by atoms with Crippen LogP contribution in [-0.4, -0.2) is 41.0 Å². The quantitative estimate of drug-likeness (QED) is 0.772. The Kier molecular flexibility index (Phi) is 7.99. The maximum absolute atomic E-state index is 13.6. The molecule has 1 aliphatic heterocycles. The fourth-order valence-electron chi connectivity index (χ4n) is 3.24. The molecule has 0 aliphatic carbocycles. The van der Waals surface area contributed by atoms with Crippen LogP contribution in [0.25, 0.3) is 0 Å². The van der Waals surface area contributed by atoms with Gasteiger partial charge < -0.3 is 20.5 Å². The fourth-order valence-corrected chi connectivity index (χ4v) is 3.24. The predicted octanol–water partition coefficient (Wildman–Crippen LogP) is 3.09. The molecule has 0 unspecified atom stereocenters. The molecule has 1 amide bonds. The Morgan fingerprint density at radius 2 is 1.79 bits per heavy atom. The number of benzene rings is 2. The molecule has 3 rings (SSSR count). The van der Waals surface area contributed by atoms with E-state index in [1.807, 2.05) is 0 Å². The number of aliphatic carboxylic acids is 1. The van der Waals surface area contributed by atoms with Crippen molar-refractivity contribution >= 4 is 24.3 Å². The van der Waals surface area contributed by atoms with E-state index in [1.54, 1.807) is 42.5 Å². The van der Waals surface area contributed by atoms with Crippen LogP contribution < -0.4 is 10.5 Å². The van der Waals surface area contributed by atoms with Gasteiger partial charge in [0.25, 0.3) is 5.91 Å². The second-order valence-corrected chi connectivity index (χ2v) is 6.99. The summed E-state index contributed by atoms with van der Waals surface area (Å²) < 4.78 is 19.2. The number of likely N-dealkylation sites (tertiary alicyclic amines) is 1. The molecule has 0 spiro atoms. The van der Waals surface area contributed by atoms with E-state index in [1.165, 1.54) is 11.0 Å². The largest absolute Gasteiger partial charge is 0.489 e. The number of rotatable bonds is 5. The van der Waals surface area contributed by atoms with Gasteiger partial charge in [-0.2, -0.15) is 0 Å². The minimum absolute atomic E-state index is 0. The van der Waals surface area contributed by atoms with E-state index in [2.05, 4.69) is 0 Å². The highest BCUT2D eigenvalue weighted by Crippen LogP contribution is 2.20. The molecule has 3 N–H and O–H groups in total. The van der Waals surface area contributed by atoms with Crippen LogP contribution >= 0.6 is 12.4 Å². The van der Waals surface area contributed by atoms with Gasteiger partial charge in [-0.3, -0.25) is 9.59 Å². The van der Waals surface area contributed by atoms with Gasteiger partial charge >= 0.3 is 5.97 Å². The van der Waals surface area contributed by atoms with Gasteiger partial charge in [0.05, 0.1) is 5.92 Å². The van der Waals surface area contributed by atoms with Crippen molar-refractivity contribution in [1.29, 1.82) is 0 Å². The zero-order valence-electron chi connectivity index (χ0n) is 15.8. The first-order valence-corrected chi connectivity index (χ1v) is 9.18. The number of halogens is 2. The molecule has 0 saturated carbocycles. The fraction of sp³-hybridized carbons (Fsp3) is 0.333. The molecular weight excluding hydrogens is 399 g/mol. The van der Waals surface area contributed by atoms with Gasteiger partial charge in [-0.05, 0) is 43.2 Å². The molecule has 2 atom stereocenters. The van der Waals surface area contributed by atoms with Crippen molar-refractivity contribution < 1.29 is 23.8 Å². The lowest BCUT2D eigenvalue weighted by atomic mass is 10.0. The summed E-state index contributed by atoms with van der Waals surface area (Å²) in [6, 6.07) is 12.6. The van der Waals surface area contributed by atoms with Crippen LogP contribution in [0.3, 0.4) is 0 Å². The molecule has 0 bridgehead atoms. The molecule has 2 aromatic carbocycles. The van der Waals surface area contributed by atoms with Crippen LogP contribution in [-0.2, 0) is 11.4 Å². The number of carbonyl (C=O) groups is 2. The predicted molar refractivity (Wildman–Crippen MR) is 109 cm³/mol. The van der Waals surface area contributed by atoms with Gasteiger partial charge in [0.1, 0.15) is 18.2 Å². The van der Waals surface area contributed by atoms with Crippen LogP contribution in [0, 0.1) is 11.7 Å². The van der Waals surface area contributed by atoms with Crippen LogP contribution in [0.4, 0.5) is 4.39 Å². The number of amides is 1. The smallest absolute Gasteiger partial charge is 0.308 e. The Balaban J connectivity index is 0.00000300. The SMILES string of the molecule is Cl.N[C@@H]1CC[C@H](C(=O)O)CN(C(=O)c2ccc(OCc3ccccc3F)cc2)C1. The highest BCUT2D eigenvalue weighted by atomic mass is 35.5. The minimum atomic E-state index is -0.913. The minimum Gasteiger partial charge on any atom is -0.489 e. The molecule has 1 heterocycles. The summed E-state index contributed by atoms with van der Waals surface area (Å²) in [6.07, 6.45) is 1.03. The number of hydrogen-bond acceptors (Lipinski definition) is 4. The standard InChI is InChI=1S/C21H23FN2O4.ClH/c22-19-4-2-1-3-16(19)13-28-18-9-6-14(7-10-18)20(25)24-11-15(21(26)27)5-8-17(23)12-24;/h1-4,6-7,9-10,15,17H,5,8,11-13,23H2,(H,26,27);1H/t15-,17+;/m0./s1. The van der Waals surface area contributed by atoms with E-state index < -0.39 is 11.9 Å². The number of nitrogens with zero attached hydrogens (tertiary/aromatic N) is 1. The van der Waals surface area contributed by atoms with Crippen molar-refractivity contribution in [2.24, 2.45) is 11.7 Å². The summed E-state index contributed by atoms with van der Waals surface area (Å²) in [5, 5.41) is 9.31. The van der Waals surface area contributed by atoms with Crippen molar-refractivity contribution in [3.05, 3.63) is 65.5 Å². The Labute approximate surface area is 174 Å². The number of carboxylic acids is 1. The Morgan fingerprint density at radius 3 is 2.45 bits per heavy atom. The van der Waals surface area contributed by atoms with Crippen LogP contribution in [0.1, 0.15) is 28.8 Å². The van der Waals surface area contributed by atoms with Crippen molar-refractivity contribution in [3.63, 3.8) is 0 Å². The van der Waals surface area contributed by atoms with Gasteiger partial charge in [-0.15, -0.1) is 12.4 Å².